The zero-order chi connectivity index (χ0) is 31.1. The molecular weight excluding hydrogens is 520 g/mol. The Morgan fingerprint density at radius 1 is 0.786 bits per heavy atom. The molecule has 0 amide bonds. The summed E-state index contributed by atoms with van der Waals surface area (Å²) in [5, 5.41) is 0. The number of hydrogen-bond donors (Lipinski definition) is 0. The Morgan fingerprint density at radius 2 is 1.38 bits per heavy atom. The summed E-state index contributed by atoms with van der Waals surface area (Å²) in [6, 6.07) is 0. The lowest BCUT2D eigenvalue weighted by Gasteiger charge is -2.32. The molecule has 0 bridgehead atoms. The van der Waals surface area contributed by atoms with Gasteiger partial charge in [-0.1, -0.05) is 145 Å². The van der Waals surface area contributed by atoms with Crippen LogP contribution in [-0.2, 0) is 19.1 Å². The lowest BCUT2D eigenvalue weighted by molar-refractivity contribution is -0.158. The van der Waals surface area contributed by atoms with Crippen LogP contribution in [0.25, 0.3) is 0 Å². The van der Waals surface area contributed by atoms with Crippen molar-refractivity contribution in [1.29, 1.82) is 0 Å². The van der Waals surface area contributed by atoms with Crippen LogP contribution in [0.2, 0.25) is 0 Å². The number of carbonyl (C=O) groups excluding carboxylic acids is 2. The van der Waals surface area contributed by atoms with Crippen LogP contribution >= 0.6 is 0 Å². The molecule has 0 atom stereocenters. The van der Waals surface area contributed by atoms with Gasteiger partial charge in [0.15, 0.2) is 6.61 Å². The normalized spacial score (nSPS) is 16.0. The molecule has 1 aliphatic carbocycles. The third-order valence-electron chi connectivity index (χ3n) is 8.26. The summed E-state index contributed by atoms with van der Waals surface area (Å²) in [4.78, 5) is 23.8. The van der Waals surface area contributed by atoms with E-state index in [9.17, 15) is 9.59 Å². The molecule has 0 aromatic carbocycles. The average molecular weight is 583 g/mol. The van der Waals surface area contributed by atoms with Crippen LogP contribution in [0.3, 0.4) is 0 Å². The molecule has 4 nitrogen and oxygen atoms in total. The number of rotatable bonds is 22. The summed E-state index contributed by atoms with van der Waals surface area (Å²) in [5.74, 6) is -0.836. The van der Waals surface area contributed by atoms with E-state index in [1.54, 1.807) is 0 Å². The summed E-state index contributed by atoms with van der Waals surface area (Å²) in [6.45, 7) is 13.1. The van der Waals surface area contributed by atoms with Gasteiger partial charge in [-0.2, -0.15) is 0 Å². The summed E-state index contributed by atoms with van der Waals surface area (Å²) in [6.07, 6.45) is 33.0. The Balaban J connectivity index is 2.13. The van der Waals surface area contributed by atoms with Gasteiger partial charge < -0.3 is 9.47 Å². The fraction of sp³-hybridized carbons (Fsp3) is 0.684. The average Bonchev–Trinajstić information content (AvgIpc) is 2.93. The highest BCUT2D eigenvalue weighted by atomic mass is 16.6. The van der Waals surface area contributed by atoms with E-state index in [4.69, 9.17) is 9.47 Å². The van der Waals surface area contributed by atoms with Gasteiger partial charge in [0.1, 0.15) is 6.61 Å². The molecule has 0 heterocycles. The van der Waals surface area contributed by atoms with Gasteiger partial charge >= 0.3 is 11.9 Å². The number of unbranched alkanes of at least 4 members (excludes halogenated alkanes) is 12. The maximum atomic E-state index is 11.9. The van der Waals surface area contributed by atoms with Crippen LogP contribution < -0.4 is 0 Å². The largest absolute Gasteiger partial charge is 0.459 e. The van der Waals surface area contributed by atoms with E-state index in [1.165, 1.54) is 100 Å². The topological polar surface area (TPSA) is 52.6 Å². The molecule has 0 aromatic rings. The Labute approximate surface area is 258 Å². The van der Waals surface area contributed by atoms with Crippen molar-refractivity contribution in [2.45, 2.75) is 151 Å². The molecule has 0 spiro atoms. The van der Waals surface area contributed by atoms with Crippen molar-refractivity contribution in [2.75, 3.05) is 13.2 Å². The molecule has 238 valence electrons. The van der Waals surface area contributed by atoms with E-state index in [-0.39, 0.29) is 24.6 Å². The molecule has 0 radical (unpaired) electrons. The van der Waals surface area contributed by atoms with Gasteiger partial charge in [-0.3, -0.25) is 4.79 Å². The highest BCUT2D eigenvalue weighted by molar-refractivity contribution is 5.76. The monoisotopic (exact) mass is 582 g/mol. The number of hydrogen-bond acceptors (Lipinski definition) is 4. The van der Waals surface area contributed by atoms with Crippen molar-refractivity contribution < 1.29 is 19.1 Å². The first-order chi connectivity index (χ1) is 20.2. The Hall–Kier alpha value is -2.36. The highest BCUT2D eigenvalue weighted by Crippen LogP contribution is 2.40. The van der Waals surface area contributed by atoms with Crippen LogP contribution in [0.5, 0.6) is 0 Å². The van der Waals surface area contributed by atoms with Gasteiger partial charge in [-0.05, 0) is 63.5 Å². The van der Waals surface area contributed by atoms with E-state index in [1.807, 2.05) is 25.2 Å². The lowest BCUT2D eigenvalue weighted by atomic mass is 9.72. The predicted octanol–water partition coefficient (Wildman–Crippen LogP) is 11.1. The summed E-state index contributed by atoms with van der Waals surface area (Å²) in [5.41, 5.74) is 5.41. The van der Waals surface area contributed by atoms with Gasteiger partial charge in [0, 0.05) is 6.42 Å². The Bertz CT molecular complexity index is 929. The van der Waals surface area contributed by atoms with Crippen LogP contribution in [-0.4, -0.2) is 25.2 Å². The van der Waals surface area contributed by atoms with Gasteiger partial charge in [0.05, 0.1) is 0 Å². The fourth-order valence-electron chi connectivity index (χ4n) is 5.51. The van der Waals surface area contributed by atoms with Gasteiger partial charge in [-0.25, -0.2) is 4.79 Å². The van der Waals surface area contributed by atoms with E-state index >= 15 is 0 Å². The fourth-order valence-corrected chi connectivity index (χ4v) is 5.51. The molecule has 1 rings (SSSR count). The molecule has 0 saturated carbocycles. The minimum absolute atomic E-state index is 0.163. The number of esters is 2. The number of carbonyl (C=O) groups is 2. The number of allylic oxidation sites excluding steroid dienone is 9. The molecule has 0 unspecified atom stereocenters. The Morgan fingerprint density at radius 3 is 1.98 bits per heavy atom. The third kappa shape index (κ3) is 18.9. The summed E-state index contributed by atoms with van der Waals surface area (Å²) >= 11 is 0. The second-order valence-electron chi connectivity index (χ2n) is 12.8. The predicted molar refractivity (Wildman–Crippen MR) is 178 cm³/mol. The molecular formula is C38H62O4. The maximum absolute atomic E-state index is 11.9. The van der Waals surface area contributed by atoms with Crippen molar-refractivity contribution in [2.24, 2.45) is 5.41 Å². The molecule has 0 aromatic heterocycles. The van der Waals surface area contributed by atoms with Crippen LogP contribution in [0.15, 0.2) is 58.7 Å². The second-order valence-corrected chi connectivity index (χ2v) is 12.8. The first kappa shape index (κ1) is 37.7. The molecule has 0 aliphatic heterocycles. The van der Waals surface area contributed by atoms with Crippen molar-refractivity contribution in [3.8, 4) is 0 Å². The molecule has 0 fully saturated rings. The zero-order valence-corrected chi connectivity index (χ0v) is 28.0. The first-order valence-corrected chi connectivity index (χ1v) is 16.9. The molecule has 0 N–H and O–H groups in total. The van der Waals surface area contributed by atoms with Crippen molar-refractivity contribution in [1.82, 2.24) is 0 Å². The zero-order valence-electron chi connectivity index (χ0n) is 28.0. The number of ether oxygens (including phenoxy) is 2. The summed E-state index contributed by atoms with van der Waals surface area (Å²) in [7, 11) is 0. The highest BCUT2D eigenvalue weighted by Gasteiger charge is 2.26. The smallest absolute Gasteiger partial charge is 0.344 e. The Kier molecular flexibility index (Phi) is 20.8. The van der Waals surface area contributed by atoms with Gasteiger partial charge in [0.2, 0.25) is 0 Å². The molecule has 4 heteroatoms. The van der Waals surface area contributed by atoms with Crippen LogP contribution in [0.1, 0.15) is 151 Å². The minimum Gasteiger partial charge on any atom is -0.459 e. The SMILES string of the molecule is CCCCCCCCCCCCCCCC(=O)OCC(=O)OC/C=C(C)/C=C/C=C(C)/C=C/C1=C(C)CCCC1(C)C. The maximum Gasteiger partial charge on any atom is 0.344 e. The first-order valence-electron chi connectivity index (χ1n) is 16.9. The van der Waals surface area contributed by atoms with E-state index in [0.29, 0.717) is 6.42 Å². The van der Waals surface area contributed by atoms with Crippen molar-refractivity contribution >= 4 is 11.9 Å². The molecule has 42 heavy (non-hydrogen) atoms. The quantitative estimate of drug-likeness (QED) is 0.0723. The van der Waals surface area contributed by atoms with Gasteiger partial charge in [-0.15, -0.1) is 0 Å². The van der Waals surface area contributed by atoms with Crippen molar-refractivity contribution in [3.63, 3.8) is 0 Å². The van der Waals surface area contributed by atoms with Gasteiger partial charge in [0.25, 0.3) is 0 Å². The van der Waals surface area contributed by atoms with E-state index in [2.05, 4.69) is 52.8 Å². The van der Waals surface area contributed by atoms with Crippen LogP contribution in [0, 0.1) is 5.41 Å². The second kappa shape index (κ2) is 23.1. The van der Waals surface area contributed by atoms with E-state index < -0.39 is 5.97 Å². The molecule has 1 aliphatic rings. The lowest BCUT2D eigenvalue weighted by Crippen LogP contribution is -2.19. The van der Waals surface area contributed by atoms with E-state index in [0.717, 1.165) is 24.8 Å². The minimum atomic E-state index is -0.516. The summed E-state index contributed by atoms with van der Waals surface area (Å²) < 4.78 is 10.3. The third-order valence-corrected chi connectivity index (χ3v) is 8.26. The van der Waals surface area contributed by atoms with Crippen molar-refractivity contribution in [3.05, 3.63) is 58.7 Å². The standard InChI is InChI=1S/C38H62O4/c1-7-8-9-10-11-12-13-14-15-16-17-18-19-25-36(39)42-31-37(40)41-30-28-33(3)23-20-22-32(2)26-27-35-34(4)24-21-29-38(35,5)6/h20,22-23,26-28H,7-19,21,24-25,29-31H2,1-6H3/b23-20+,27-26+,32-22+,33-28+. The van der Waals surface area contributed by atoms with Crippen LogP contribution in [0.4, 0.5) is 0 Å². The molecule has 0 saturated heterocycles.